The molecule has 0 saturated carbocycles. The second-order valence-electron chi connectivity index (χ2n) is 15.9. The average molecular weight is 787 g/mol. The van der Waals surface area contributed by atoms with Crippen molar-refractivity contribution in [3.63, 3.8) is 0 Å². The molecule has 2 aliphatic heterocycles. The number of fused-ring (bicyclic) bond motifs is 2. The topological polar surface area (TPSA) is 127 Å². The van der Waals surface area contributed by atoms with E-state index in [2.05, 4.69) is 13.8 Å². The molecule has 4 amide bonds. The van der Waals surface area contributed by atoms with Crippen LogP contribution in [0.3, 0.4) is 0 Å². The predicted molar refractivity (Wildman–Crippen MR) is 226 cm³/mol. The first-order valence-electron chi connectivity index (χ1n) is 21.5. The van der Waals surface area contributed by atoms with E-state index >= 15 is 0 Å². The molecule has 0 radical (unpaired) electrons. The van der Waals surface area contributed by atoms with E-state index in [4.69, 9.17) is 9.47 Å². The summed E-state index contributed by atoms with van der Waals surface area (Å²) >= 11 is 0. The molecule has 0 unspecified atom stereocenters. The smallest absolute Gasteiger partial charge is 0.305 e. The fourth-order valence-corrected chi connectivity index (χ4v) is 8.82. The van der Waals surface area contributed by atoms with Gasteiger partial charge in [0, 0.05) is 59.0 Å². The van der Waals surface area contributed by atoms with Crippen molar-refractivity contribution < 1.29 is 38.2 Å². The second-order valence-corrected chi connectivity index (χ2v) is 15.9. The summed E-state index contributed by atoms with van der Waals surface area (Å²) in [4.78, 5) is 82.9. The van der Waals surface area contributed by atoms with Crippen LogP contribution < -0.4 is 0 Å². The van der Waals surface area contributed by atoms with Crippen LogP contribution in [-0.2, 0) is 19.1 Å². The predicted octanol–water partition coefficient (Wildman–Crippen LogP) is 10.3. The summed E-state index contributed by atoms with van der Waals surface area (Å²) in [5.41, 5.74) is 1.67. The number of nitrogens with zero attached hydrogens (tertiary/aromatic N) is 2. The fraction of sp³-hybridized carbons (Fsp3) is 0.458. The van der Waals surface area contributed by atoms with Gasteiger partial charge in [0.25, 0.3) is 23.6 Å². The van der Waals surface area contributed by atoms with Gasteiger partial charge < -0.3 is 9.47 Å². The molecule has 0 N–H and O–H groups in total. The van der Waals surface area contributed by atoms with Crippen molar-refractivity contribution in [1.82, 2.24) is 9.80 Å². The summed E-state index contributed by atoms with van der Waals surface area (Å²) in [5, 5.41) is 6.00. The van der Waals surface area contributed by atoms with Gasteiger partial charge in [0.05, 0.1) is 13.2 Å². The highest BCUT2D eigenvalue weighted by Gasteiger charge is 2.36. The van der Waals surface area contributed by atoms with E-state index in [0.29, 0.717) is 59.1 Å². The highest BCUT2D eigenvalue weighted by atomic mass is 16.5. The average Bonchev–Trinajstić information content (AvgIpc) is 3.23. The SMILES string of the molecule is CCCCCCCCOC(=O)CCCN1C(=O)c2ccc3c4ccc5c6c(ccc(c7ccc(c2c37)C1=O)c64)C(=O)N(CCCC(=O)OCCCCCCCC)C5=O. The summed E-state index contributed by atoms with van der Waals surface area (Å²) in [6.07, 6.45) is 14.0. The minimum Gasteiger partial charge on any atom is -0.466 e. The maximum absolute atomic E-state index is 13.9. The van der Waals surface area contributed by atoms with E-state index in [9.17, 15) is 28.8 Å². The van der Waals surface area contributed by atoms with Gasteiger partial charge in [0.15, 0.2) is 0 Å². The Kier molecular flexibility index (Phi) is 13.0. The first kappa shape index (κ1) is 40.8. The number of unbranched alkanes of at least 4 members (excludes halogenated alkanes) is 10. The van der Waals surface area contributed by atoms with E-state index < -0.39 is 23.6 Å². The molecular weight excluding hydrogens is 733 g/mol. The van der Waals surface area contributed by atoms with Crippen LogP contribution in [0.4, 0.5) is 0 Å². The van der Waals surface area contributed by atoms with Crippen LogP contribution in [0, 0.1) is 0 Å². The Hall–Kier alpha value is -5.38. The molecule has 5 aromatic rings. The van der Waals surface area contributed by atoms with Crippen LogP contribution >= 0.6 is 0 Å². The first-order chi connectivity index (χ1) is 28.3. The number of rotatable bonds is 22. The summed E-state index contributed by atoms with van der Waals surface area (Å²) in [5.74, 6) is -2.26. The molecule has 7 rings (SSSR count). The molecule has 0 aromatic heterocycles. The number of carbonyl (C=O) groups excluding carboxylic acids is 6. The number of ether oxygens (including phenoxy) is 2. The Balaban J connectivity index is 1.06. The number of hydrogen-bond acceptors (Lipinski definition) is 8. The van der Waals surface area contributed by atoms with E-state index in [1.54, 1.807) is 24.3 Å². The van der Waals surface area contributed by atoms with Crippen molar-refractivity contribution >= 4 is 78.7 Å². The van der Waals surface area contributed by atoms with Gasteiger partial charge in [0.2, 0.25) is 0 Å². The van der Waals surface area contributed by atoms with E-state index in [1.165, 1.54) is 48.3 Å². The molecule has 2 aliphatic rings. The third kappa shape index (κ3) is 8.03. The maximum Gasteiger partial charge on any atom is 0.305 e. The summed E-state index contributed by atoms with van der Waals surface area (Å²) in [6.45, 7) is 5.33. The Bertz CT molecular complexity index is 2100. The monoisotopic (exact) mass is 786 g/mol. The molecule has 0 bridgehead atoms. The number of esters is 2. The maximum atomic E-state index is 13.9. The standard InChI is InChI=1S/C48H54N2O8/c1-3-5-7-9-11-13-29-57-39(51)17-15-27-49-45(53)35-23-19-31-33-21-25-37-44-38(26-22-34(42(33)44)32-20-24-36(46(49)54)43(35)41(31)32)48(56)50(47(37)55)28-16-18-40(52)58-30-14-12-10-8-6-4-2/h19-26H,3-18,27-30H2,1-2H3. The summed E-state index contributed by atoms with van der Waals surface area (Å²) in [7, 11) is 0. The number of benzene rings is 5. The van der Waals surface area contributed by atoms with Gasteiger partial charge in [-0.05, 0) is 82.3 Å². The highest BCUT2D eigenvalue weighted by molar-refractivity contribution is 6.41. The minimum atomic E-state index is -0.403. The van der Waals surface area contributed by atoms with Crippen LogP contribution in [0.15, 0.2) is 48.5 Å². The normalized spacial score (nSPS) is 13.9. The van der Waals surface area contributed by atoms with E-state index in [1.807, 2.05) is 24.3 Å². The second kappa shape index (κ2) is 18.5. The van der Waals surface area contributed by atoms with Crippen LogP contribution in [0.25, 0.3) is 43.1 Å². The minimum absolute atomic E-state index is 0.102. The lowest BCUT2D eigenvalue weighted by atomic mass is 9.82. The number of carbonyl (C=O) groups is 6. The Labute approximate surface area is 339 Å². The molecule has 0 atom stereocenters. The Morgan fingerprint density at radius 1 is 0.414 bits per heavy atom. The van der Waals surface area contributed by atoms with Crippen molar-refractivity contribution in [2.24, 2.45) is 0 Å². The van der Waals surface area contributed by atoms with E-state index in [-0.39, 0.29) is 37.9 Å². The lowest BCUT2D eigenvalue weighted by Gasteiger charge is -2.30. The van der Waals surface area contributed by atoms with Gasteiger partial charge in [-0.3, -0.25) is 38.6 Å². The van der Waals surface area contributed by atoms with Gasteiger partial charge in [0.1, 0.15) is 0 Å². The van der Waals surface area contributed by atoms with Crippen molar-refractivity contribution in [2.75, 3.05) is 26.3 Å². The summed E-state index contributed by atoms with van der Waals surface area (Å²) < 4.78 is 10.8. The van der Waals surface area contributed by atoms with Gasteiger partial charge in [-0.15, -0.1) is 0 Å². The van der Waals surface area contributed by atoms with Crippen molar-refractivity contribution in [2.45, 2.75) is 117 Å². The van der Waals surface area contributed by atoms with Crippen LogP contribution in [-0.4, -0.2) is 71.7 Å². The van der Waals surface area contributed by atoms with Gasteiger partial charge in [-0.25, -0.2) is 0 Å². The van der Waals surface area contributed by atoms with Crippen LogP contribution in [0.2, 0.25) is 0 Å². The van der Waals surface area contributed by atoms with Crippen molar-refractivity contribution in [3.05, 3.63) is 70.8 Å². The number of amides is 4. The van der Waals surface area contributed by atoms with Gasteiger partial charge in [-0.2, -0.15) is 0 Å². The third-order valence-electron chi connectivity index (χ3n) is 11.9. The molecule has 2 heterocycles. The van der Waals surface area contributed by atoms with E-state index in [0.717, 1.165) is 70.8 Å². The van der Waals surface area contributed by atoms with Gasteiger partial charge >= 0.3 is 11.9 Å². The first-order valence-corrected chi connectivity index (χ1v) is 21.5. The molecule has 10 heteroatoms. The fourth-order valence-electron chi connectivity index (χ4n) is 8.82. The van der Waals surface area contributed by atoms with Crippen LogP contribution in [0.5, 0.6) is 0 Å². The molecule has 0 spiro atoms. The molecule has 58 heavy (non-hydrogen) atoms. The third-order valence-corrected chi connectivity index (χ3v) is 11.9. The largest absolute Gasteiger partial charge is 0.466 e. The quantitative estimate of drug-likeness (QED) is 0.0223. The lowest BCUT2D eigenvalue weighted by molar-refractivity contribution is -0.144. The zero-order chi connectivity index (χ0) is 40.8. The highest BCUT2D eigenvalue weighted by Crippen LogP contribution is 2.46. The molecule has 0 saturated heterocycles. The lowest BCUT2D eigenvalue weighted by Crippen LogP contribution is -2.41. The van der Waals surface area contributed by atoms with Crippen molar-refractivity contribution in [1.29, 1.82) is 0 Å². The van der Waals surface area contributed by atoms with Crippen LogP contribution in [0.1, 0.15) is 158 Å². The van der Waals surface area contributed by atoms with Gasteiger partial charge in [-0.1, -0.05) is 102 Å². The summed E-state index contributed by atoms with van der Waals surface area (Å²) in [6, 6.07) is 14.5. The molecule has 304 valence electrons. The Morgan fingerprint density at radius 2 is 0.724 bits per heavy atom. The number of imide groups is 2. The Morgan fingerprint density at radius 3 is 1.05 bits per heavy atom. The molecule has 5 aromatic carbocycles. The zero-order valence-electron chi connectivity index (χ0n) is 33.9. The molecule has 10 nitrogen and oxygen atoms in total. The molecule has 0 aliphatic carbocycles. The number of hydrogen-bond donors (Lipinski definition) is 0. The zero-order valence-corrected chi connectivity index (χ0v) is 33.9. The molecule has 0 fully saturated rings. The van der Waals surface area contributed by atoms with Crippen molar-refractivity contribution in [3.8, 4) is 0 Å². The molecular formula is C48H54N2O8.